The van der Waals surface area contributed by atoms with Crippen LogP contribution in [0.15, 0.2) is 48.5 Å². The highest BCUT2D eigenvalue weighted by atomic mass is 32.2. The minimum absolute atomic E-state index is 0.118. The van der Waals surface area contributed by atoms with Gasteiger partial charge in [0.05, 0.1) is 19.8 Å². The number of rotatable bonds is 9. The van der Waals surface area contributed by atoms with E-state index >= 15 is 0 Å². The molecule has 0 aromatic heterocycles. The molecule has 8 heteroatoms. The molecule has 1 heterocycles. The molecule has 2 aliphatic rings. The van der Waals surface area contributed by atoms with Gasteiger partial charge in [-0.25, -0.2) is 13.1 Å². The van der Waals surface area contributed by atoms with Crippen LogP contribution in [-0.2, 0) is 21.5 Å². The van der Waals surface area contributed by atoms with Gasteiger partial charge < -0.3 is 9.47 Å². The van der Waals surface area contributed by atoms with Crippen molar-refractivity contribution in [2.24, 2.45) is 5.92 Å². The van der Waals surface area contributed by atoms with Crippen molar-refractivity contribution in [2.75, 3.05) is 27.3 Å². The van der Waals surface area contributed by atoms with E-state index in [-0.39, 0.29) is 6.61 Å². The number of ether oxygens (including phenoxy) is 2. The topological polar surface area (TPSA) is 77.1 Å². The van der Waals surface area contributed by atoms with Crippen LogP contribution < -0.4 is 14.2 Å². The molecule has 1 saturated heterocycles. The molecule has 0 bridgehead atoms. The Kier molecular flexibility index (Phi) is 6.29. The molecule has 0 spiro atoms. The van der Waals surface area contributed by atoms with E-state index in [2.05, 4.69) is 4.72 Å². The van der Waals surface area contributed by atoms with E-state index in [1.165, 1.54) is 0 Å². The Morgan fingerprint density at radius 3 is 2.60 bits per heavy atom. The monoisotopic (exact) mass is 432 g/mol. The number of hydrogen-bond acceptors (Lipinski definition) is 6. The molecule has 0 amide bonds. The Morgan fingerprint density at radius 2 is 1.90 bits per heavy atom. The standard InChI is InChI=1S/C22H28N2O5S/c1-24-22(21(15-29-24)30(25,26)23-13-16-8-9-16)18-10-11-19(27-2)20(12-18)28-14-17-6-4-3-5-7-17/h3-7,10-12,16,21-23H,8-9,13-15H2,1-2H3/t21-,22-/m0/s1. The summed E-state index contributed by atoms with van der Waals surface area (Å²) in [5.74, 6) is 1.64. The zero-order chi connectivity index (χ0) is 21.1. The van der Waals surface area contributed by atoms with Gasteiger partial charge in [-0.1, -0.05) is 36.4 Å². The number of benzene rings is 2. The maximum absolute atomic E-state index is 12.9. The fourth-order valence-electron chi connectivity index (χ4n) is 3.67. The Labute approximate surface area is 177 Å². The minimum Gasteiger partial charge on any atom is -0.493 e. The Morgan fingerprint density at radius 1 is 1.13 bits per heavy atom. The van der Waals surface area contributed by atoms with E-state index in [4.69, 9.17) is 14.3 Å². The average Bonchev–Trinajstić information content (AvgIpc) is 3.51. The predicted molar refractivity (Wildman–Crippen MR) is 114 cm³/mol. The fraction of sp³-hybridized carbons (Fsp3) is 0.455. The van der Waals surface area contributed by atoms with Crippen molar-refractivity contribution >= 4 is 10.0 Å². The first kappa shape index (κ1) is 21.1. The molecular formula is C22H28N2O5S. The Bertz CT molecular complexity index is 963. The summed E-state index contributed by atoms with van der Waals surface area (Å²) in [7, 11) is -0.171. The molecule has 2 aromatic rings. The van der Waals surface area contributed by atoms with Gasteiger partial charge in [-0.15, -0.1) is 0 Å². The lowest BCUT2D eigenvalue weighted by atomic mass is 10.0. The third-order valence-electron chi connectivity index (χ3n) is 5.62. The van der Waals surface area contributed by atoms with Crippen LogP contribution in [0.5, 0.6) is 11.5 Å². The van der Waals surface area contributed by atoms with Gasteiger partial charge in [-0.3, -0.25) is 4.84 Å². The average molecular weight is 433 g/mol. The third kappa shape index (κ3) is 4.78. The van der Waals surface area contributed by atoms with Crippen LogP contribution in [0.1, 0.15) is 30.0 Å². The zero-order valence-corrected chi connectivity index (χ0v) is 18.1. The number of nitrogens with zero attached hydrogens (tertiary/aromatic N) is 1. The van der Waals surface area contributed by atoms with Gasteiger partial charge in [0.2, 0.25) is 10.0 Å². The van der Waals surface area contributed by atoms with E-state index in [9.17, 15) is 8.42 Å². The highest BCUT2D eigenvalue weighted by molar-refractivity contribution is 7.90. The molecule has 4 rings (SSSR count). The van der Waals surface area contributed by atoms with Crippen LogP contribution in [0.25, 0.3) is 0 Å². The van der Waals surface area contributed by atoms with Crippen LogP contribution in [0.3, 0.4) is 0 Å². The zero-order valence-electron chi connectivity index (χ0n) is 17.3. The summed E-state index contributed by atoms with van der Waals surface area (Å²) in [5.41, 5.74) is 1.84. The second-order valence-electron chi connectivity index (χ2n) is 7.85. The summed E-state index contributed by atoms with van der Waals surface area (Å²) in [6, 6.07) is 14.9. The lowest BCUT2D eigenvalue weighted by Gasteiger charge is -2.24. The number of methoxy groups -OCH3 is 1. The number of sulfonamides is 1. The van der Waals surface area contributed by atoms with E-state index in [1.54, 1.807) is 19.2 Å². The Hall–Kier alpha value is -2.13. The fourth-order valence-corrected chi connectivity index (χ4v) is 5.26. The van der Waals surface area contributed by atoms with Gasteiger partial charge in [0, 0.05) is 13.6 Å². The molecule has 1 saturated carbocycles. The molecule has 2 fully saturated rings. The van der Waals surface area contributed by atoms with Crippen molar-refractivity contribution in [3.8, 4) is 11.5 Å². The smallest absolute Gasteiger partial charge is 0.218 e. The molecule has 30 heavy (non-hydrogen) atoms. The summed E-state index contributed by atoms with van der Waals surface area (Å²) in [6.07, 6.45) is 2.18. The van der Waals surface area contributed by atoms with Gasteiger partial charge in [0.25, 0.3) is 0 Å². The van der Waals surface area contributed by atoms with Crippen LogP contribution in [0.2, 0.25) is 0 Å². The second kappa shape index (κ2) is 8.93. The van der Waals surface area contributed by atoms with Crippen molar-refractivity contribution < 1.29 is 22.7 Å². The number of hydrogen-bond donors (Lipinski definition) is 1. The minimum atomic E-state index is -3.52. The number of hydroxylamine groups is 2. The molecule has 2 atom stereocenters. The molecule has 0 radical (unpaired) electrons. The Balaban J connectivity index is 1.56. The van der Waals surface area contributed by atoms with Gasteiger partial charge >= 0.3 is 0 Å². The first-order valence-corrected chi connectivity index (χ1v) is 11.7. The molecule has 0 unspecified atom stereocenters. The summed E-state index contributed by atoms with van der Waals surface area (Å²) in [4.78, 5) is 5.61. The van der Waals surface area contributed by atoms with Crippen molar-refractivity contribution in [1.82, 2.24) is 9.79 Å². The molecular weight excluding hydrogens is 404 g/mol. The van der Waals surface area contributed by atoms with E-state index in [0.717, 1.165) is 24.0 Å². The third-order valence-corrected chi connectivity index (χ3v) is 7.38. The lowest BCUT2D eigenvalue weighted by Crippen LogP contribution is -2.40. The molecule has 7 nitrogen and oxygen atoms in total. The van der Waals surface area contributed by atoms with E-state index < -0.39 is 21.3 Å². The van der Waals surface area contributed by atoms with Crippen molar-refractivity contribution in [1.29, 1.82) is 0 Å². The molecule has 2 aromatic carbocycles. The van der Waals surface area contributed by atoms with Crippen molar-refractivity contribution in [3.63, 3.8) is 0 Å². The molecule has 1 aliphatic heterocycles. The van der Waals surface area contributed by atoms with Crippen LogP contribution in [0, 0.1) is 5.92 Å². The van der Waals surface area contributed by atoms with Gasteiger partial charge in [0.1, 0.15) is 11.9 Å². The van der Waals surface area contributed by atoms with Gasteiger partial charge in [-0.05, 0) is 42.0 Å². The highest BCUT2D eigenvalue weighted by Crippen LogP contribution is 2.38. The SMILES string of the molecule is COc1ccc([C@H]2[C@@H](S(=O)(=O)NCC3CC3)CON2C)cc1OCc1ccccc1. The first-order chi connectivity index (χ1) is 14.5. The summed E-state index contributed by atoms with van der Waals surface area (Å²) in [6.45, 7) is 1.01. The van der Waals surface area contributed by atoms with Gasteiger partial charge in [0.15, 0.2) is 11.5 Å². The lowest BCUT2D eigenvalue weighted by molar-refractivity contribution is -0.110. The maximum Gasteiger partial charge on any atom is 0.218 e. The molecule has 162 valence electrons. The maximum atomic E-state index is 12.9. The number of nitrogens with one attached hydrogen (secondary N) is 1. The van der Waals surface area contributed by atoms with Gasteiger partial charge in [-0.2, -0.15) is 5.06 Å². The van der Waals surface area contributed by atoms with Crippen LogP contribution in [0.4, 0.5) is 0 Å². The quantitative estimate of drug-likeness (QED) is 0.657. The summed E-state index contributed by atoms with van der Waals surface area (Å²) >= 11 is 0. The van der Waals surface area contributed by atoms with Crippen molar-refractivity contribution in [3.05, 3.63) is 59.7 Å². The molecule has 1 N–H and O–H groups in total. The summed E-state index contributed by atoms with van der Waals surface area (Å²) < 4.78 is 40.1. The molecule has 1 aliphatic carbocycles. The van der Waals surface area contributed by atoms with Crippen molar-refractivity contribution in [2.45, 2.75) is 30.7 Å². The van der Waals surface area contributed by atoms with E-state index in [0.29, 0.717) is 30.6 Å². The van der Waals surface area contributed by atoms with Crippen LogP contribution >= 0.6 is 0 Å². The second-order valence-corrected chi connectivity index (χ2v) is 9.83. The summed E-state index contributed by atoms with van der Waals surface area (Å²) in [5, 5.41) is 0.917. The largest absolute Gasteiger partial charge is 0.493 e. The normalized spacial score (nSPS) is 22.2. The highest BCUT2D eigenvalue weighted by Gasteiger charge is 2.43. The van der Waals surface area contributed by atoms with Crippen LogP contribution in [-0.4, -0.2) is 46.0 Å². The predicted octanol–water partition coefficient (Wildman–Crippen LogP) is 2.89. The van der Waals surface area contributed by atoms with E-state index in [1.807, 2.05) is 48.5 Å². The first-order valence-electron chi connectivity index (χ1n) is 10.2.